The third-order valence-electron chi connectivity index (χ3n) is 5.03. The summed E-state index contributed by atoms with van der Waals surface area (Å²) in [4.78, 5) is 0. The number of rotatable bonds is 2. The Morgan fingerprint density at radius 3 is 2.13 bits per heavy atom. The summed E-state index contributed by atoms with van der Waals surface area (Å²) in [6, 6.07) is 0. The van der Waals surface area contributed by atoms with Gasteiger partial charge in [0, 0.05) is 14.2 Å². The molecule has 0 spiro atoms. The molecule has 0 unspecified atom stereocenters. The summed E-state index contributed by atoms with van der Waals surface area (Å²) in [6.45, 7) is 7.56. The highest BCUT2D eigenvalue weighted by Gasteiger charge is 2.61. The summed E-state index contributed by atoms with van der Waals surface area (Å²) in [5.41, 5.74) is 0.848. The number of methoxy groups -OCH3 is 2. The standard InChI is InChI=1S/C16H26O7/c1-14(2)20-8-9-7-10(17)12-13(11(9)21-14)23-16(4,19-6)15(3,18-5)22-12/h7,10-13,17H,8H2,1-6H3/t10-,11+,12-,13-,15+,16+/m0/s1. The molecular weight excluding hydrogens is 304 g/mol. The van der Waals surface area contributed by atoms with Crippen molar-refractivity contribution in [3.8, 4) is 0 Å². The molecule has 0 saturated carbocycles. The minimum Gasteiger partial charge on any atom is -0.386 e. The molecule has 0 aromatic heterocycles. The van der Waals surface area contributed by atoms with Crippen molar-refractivity contribution in [3.63, 3.8) is 0 Å². The zero-order chi connectivity index (χ0) is 17.0. The molecule has 1 aliphatic carbocycles. The van der Waals surface area contributed by atoms with Gasteiger partial charge >= 0.3 is 0 Å². The molecule has 2 fully saturated rings. The van der Waals surface area contributed by atoms with Crippen molar-refractivity contribution in [3.05, 3.63) is 11.6 Å². The van der Waals surface area contributed by atoms with Gasteiger partial charge in [-0.3, -0.25) is 0 Å². The van der Waals surface area contributed by atoms with Gasteiger partial charge in [0.15, 0.2) is 5.79 Å². The van der Waals surface area contributed by atoms with Gasteiger partial charge in [-0.15, -0.1) is 0 Å². The molecule has 7 nitrogen and oxygen atoms in total. The second kappa shape index (κ2) is 5.49. The van der Waals surface area contributed by atoms with E-state index >= 15 is 0 Å². The van der Waals surface area contributed by atoms with E-state index in [9.17, 15) is 5.11 Å². The Bertz CT molecular complexity index is 505. The maximum absolute atomic E-state index is 10.5. The Morgan fingerprint density at radius 2 is 1.57 bits per heavy atom. The number of hydrogen-bond donors (Lipinski definition) is 1. The van der Waals surface area contributed by atoms with Crippen LogP contribution >= 0.6 is 0 Å². The Balaban J connectivity index is 1.96. The first-order chi connectivity index (χ1) is 10.6. The summed E-state index contributed by atoms with van der Waals surface area (Å²) >= 11 is 0. The van der Waals surface area contributed by atoms with E-state index in [4.69, 9.17) is 28.4 Å². The lowest BCUT2D eigenvalue weighted by molar-refractivity contribution is -0.464. The zero-order valence-corrected chi connectivity index (χ0v) is 14.5. The molecule has 1 N–H and O–H groups in total. The van der Waals surface area contributed by atoms with E-state index in [1.54, 1.807) is 19.9 Å². The van der Waals surface area contributed by atoms with E-state index in [1.165, 1.54) is 14.2 Å². The fourth-order valence-electron chi connectivity index (χ4n) is 3.32. The Labute approximate surface area is 136 Å². The van der Waals surface area contributed by atoms with E-state index in [-0.39, 0.29) is 6.10 Å². The third kappa shape index (κ3) is 2.64. The van der Waals surface area contributed by atoms with Gasteiger partial charge in [-0.25, -0.2) is 0 Å². The highest BCUT2D eigenvalue weighted by molar-refractivity contribution is 5.24. The van der Waals surface area contributed by atoms with Crippen molar-refractivity contribution in [2.24, 2.45) is 0 Å². The van der Waals surface area contributed by atoms with E-state index in [1.807, 2.05) is 13.8 Å². The highest BCUT2D eigenvalue weighted by atomic mass is 16.8. The molecule has 0 bridgehead atoms. The van der Waals surface area contributed by atoms with Gasteiger partial charge in [0.25, 0.3) is 0 Å². The molecule has 3 rings (SSSR count). The first kappa shape index (κ1) is 17.3. The van der Waals surface area contributed by atoms with Gasteiger partial charge in [-0.05, 0) is 39.3 Å². The average Bonchev–Trinajstić information content (AvgIpc) is 2.50. The van der Waals surface area contributed by atoms with Crippen molar-refractivity contribution in [2.75, 3.05) is 20.8 Å². The molecule has 2 saturated heterocycles. The first-order valence-electron chi connectivity index (χ1n) is 7.81. The summed E-state index contributed by atoms with van der Waals surface area (Å²) in [7, 11) is 3.05. The minimum absolute atomic E-state index is 0.372. The monoisotopic (exact) mass is 330 g/mol. The van der Waals surface area contributed by atoms with Gasteiger partial charge in [0.1, 0.15) is 24.4 Å². The van der Waals surface area contributed by atoms with Gasteiger partial charge in [-0.1, -0.05) is 0 Å². The van der Waals surface area contributed by atoms with Gasteiger partial charge in [-0.2, -0.15) is 0 Å². The second-order valence-electron chi connectivity index (χ2n) is 6.92. The summed E-state index contributed by atoms with van der Waals surface area (Å²) in [6.07, 6.45) is -0.638. The summed E-state index contributed by atoms with van der Waals surface area (Å²) in [5.74, 6) is -3.03. The molecule has 132 valence electrons. The molecule has 0 aromatic rings. The fourth-order valence-corrected chi connectivity index (χ4v) is 3.32. The van der Waals surface area contributed by atoms with Crippen LogP contribution in [-0.4, -0.2) is 67.7 Å². The van der Waals surface area contributed by atoms with Crippen LogP contribution in [0.2, 0.25) is 0 Å². The van der Waals surface area contributed by atoms with Crippen LogP contribution in [0, 0.1) is 0 Å². The van der Waals surface area contributed by atoms with Crippen LogP contribution in [0.4, 0.5) is 0 Å². The quantitative estimate of drug-likeness (QED) is 0.755. The molecule has 2 heterocycles. The van der Waals surface area contributed by atoms with E-state index < -0.39 is 35.7 Å². The lowest BCUT2D eigenvalue weighted by Gasteiger charge is -2.56. The number of hydrogen-bond acceptors (Lipinski definition) is 7. The maximum Gasteiger partial charge on any atom is 0.220 e. The van der Waals surface area contributed by atoms with Crippen molar-refractivity contribution < 1.29 is 33.5 Å². The minimum atomic E-state index is -1.16. The van der Waals surface area contributed by atoms with Gasteiger partial charge in [0.2, 0.25) is 11.6 Å². The highest BCUT2D eigenvalue weighted by Crippen LogP contribution is 2.45. The molecule has 0 amide bonds. The predicted molar refractivity (Wildman–Crippen MR) is 79.6 cm³/mol. The van der Waals surface area contributed by atoms with Crippen molar-refractivity contribution in [1.82, 2.24) is 0 Å². The smallest absolute Gasteiger partial charge is 0.220 e. The predicted octanol–water partition coefficient (Wildman–Crippen LogP) is 0.948. The molecule has 23 heavy (non-hydrogen) atoms. The lowest BCUT2D eigenvalue weighted by atomic mass is 9.86. The van der Waals surface area contributed by atoms with E-state index in [0.29, 0.717) is 6.61 Å². The van der Waals surface area contributed by atoms with Crippen LogP contribution in [0.5, 0.6) is 0 Å². The molecule has 0 aromatic carbocycles. The average molecular weight is 330 g/mol. The van der Waals surface area contributed by atoms with Crippen LogP contribution in [0.3, 0.4) is 0 Å². The zero-order valence-electron chi connectivity index (χ0n) is 14.5. The molecular formula is C16H26O7. The largest absolute Gasteiger partial charge is 0.386 e. The van der Waals surface area contributed by atoms with Crippen molar-refractivity contribution in [1.29, 1.82) is 0 Å². The molecule has 3 aliphatic rings. The second-order valence-corrected chi connectivity index (χ2v) is 6.92. The van der Waals surface area contributed by atoms with Gasteiger partial charge < -0.3 is 33.5 Å². The third-order valence-corrected chi connectivity index (χ3v) is 5.03. The van der Waals surface area contributed by atoms with Gasteiger partial charge in [0.05, 0.1) is 6.61 Å². The normalized spacial score (nSPS) is 49.1. The maximum atomic E-state index is 10.5. The van der Waals surface area contributed by atoms with Crippen LogP contribution in [-0.2, 0) is 28.4 Å². The fraction of sp³-hybridized carbons (Fsp3) is 0.875. The number of fused-ring (bicyclic) bond motifs is 3. The van der Waals surface area contributed by atoms with Crippen LogP contribution in [0.1, 0.15) is 27.7 Å². The number of aliphatic hydroxyl groups excluding tert-OH is 1. The Hall–Kier alpha value is -0.540. The number of aliphatic hydroxyl groups is 1. The molecule has 2 aliphatic heterocycles. The number of ether oxygens (including phenoxy) is 6. The Morgan fingerprint density at radius 1 is 1.00 bits per heavy atom. The summed E-state index contributed by atoms with van der Waals surface area (Å²) in [5, 5.41) is 10.5. The molecule has 0 radical (unpaired) electrons. The van der Waals surface area contributed by atoms with E-state index in [0.717, 1.165) is 5.57 Å². The van der Waals surface area contributed by atoms with Crippen LogP contribution in [0.25, 0.3) is 0 Å². The topological polar surface area (TPSA) is 75.6 Å². The molecule has 6 atom stereocenters. The molecule has 7 heteroatoms. The van der Waals surface area contributed by atoms with Crippen molar-refractivity contribution in [2.45, 2.75) is 69.5 Å². The lowest BCUT2D eigenvalue weighted by Crippen LogP contribution is -2.71. The first-order valence-corrected chi connectivity index (χ1v) is 7.81. The summed E-state index contributed by atoms with van der Waals surface area (Å²) < 4.78 is 35.0. The van der Waals surface area contributed by atoms with Crippen LogP contribution < -0.4 is 0 Å². The van der Waals surface area contributed by atoms with Crippen LogP contribution in [0.15, 0.2) is 11.6 Å². The van der Waals surface area contributed by atoms with Crippen molar-refractivity contribution >= 4 is 0 Å². The SMILES string of the molecule is CO[C@]1(C)O[C@@H]2[C@@H](O[C@@]1(C)OC)[C@@H](O)C=C1COC(C)(C)O[C@H]12. The Kier molecular flexibility index (Phi) is 4.12. The van der Waals surface area contributed by atoms with E-state index in [2.05, 4.69) is 0 Å².